The van der Waals surface area contributed by atoms with Crippen LogP contribution in [-0.4, -0.2) is 10.8 Å². The minimum Gasteiger partial charge on any atom is -0.515 e. The number of aliphatic hydroxyl groups is 1. The zero-order valence-electron chi connectivity index (χ0n) is 12.6. The van der Waals surface area contributed by atoms with Gasteiger partial charge in [0, 0.05) is 52.5 Å². The van der Waals surface area contributed by atoms with Crippen molar-refractivity contribution in [1.82, 2.24) is 0 Å². The molecule has 0 saturated heterocycles. The summed E-state index contributed by atoms with van der Waals surface area (Å²) < 4.78 is 0. The second kappa shape index (κ2) is 10.6. The van der Waals surface area contributed by atoms with E-state index in [0.29, 0.717) is 5.92 Å². The summed E-state index contributed by atoms with van der Waals surface area (Å²) in [5.74, 6) is 0.635. The zero-order valence-corrected chi connectivity index (χ0v) is 14.3. The van der Waals surface area contributed by atoms with E-state index in [4.69, 9.17) is 10.1 Å². The van der Waals surface area contributed by atoms with Crippen LogP contribution in [0.2, 0.25) is 0 Å². The van der Waals surface area contributed by atoms with Crippen molar-refractivity contribution < 1.29 is 52.0 Å². The van der Waals surface area contributed by atoms with Crippen LogP contribution in [0.15, 0.2) is 35.5 Å². The van der Waals surface area contributed by atoms with Crippen LogP contribution in [-0.2, 0) is 0 Å². The van der Waals surface area contributed by atoms with Crippen LogP contribution in [0.4, 0.5) is 5.69 Å². The fraction of sp³-hybridized carbons (Fsp3) is 0.412. The van der Waals surface area contributed by atoms with Gasteiger partial charge < -0.3 is 11.5 Å². The molecule has 0 bridgehead atoms. The fourth-order valence-corrected chi connectivity index (χ4v) is 2.11. The third-order valence-corrected chi connectivity index (χ3v) is 3.11. The van der Waals surface area contributed by atoms with Gasteiger partial charge in [-0.25, -0.2) is 0 Å². The molecule has 20 heavy (non-hydrogen) atoms. The summed E-state index contributed by atoms with van der Waals surface area (Å²) in [6.45, 7) is 8.11. The maximum Gasteiger partial charge on any atom is 0.0827 e. The standard InChI is InChI=1S/C15H18NO.C2H6.Yb/c1-11-7-8-13(9-11)16-15-6-4-3-5-14(15)12(2)10-17;1-2;/h3-7,10-11,17H,8-9H2,1-2H3;1-2H3;/q-1;;. The Hall–Kier alpha value is -0.0505. The van der Waals surface area contributed by atoms with Crippen molar-refractivity contribution in [2.75, 3.05) is 0 Å². The van der Waals surface area contributed by atoms with Gasteiger partial charge in [-0.2, -0.15) is 5.92 Å². The number of hydrogen-bond donors (Lipinski definition) is 1. The van der Waals surface area contributed by atoms with Crippen molar-refractivity contribution in [3.63, 3.8) is 0 Å². The molecule has 1 aromatic rings. The van der Waals surface area contributed by atoms with Gasteiger partial charge in [0.25, 0.3) is 0 Å². The SMILES string of the molecule is CC.CC(=CO)c1ccccc1N=C1C[CH-]C(C)C1.[Yb]. The van der Waals surface area contributed by atoms with E-state index in [1.165, 1.54) is 5.71 Å². The molecule has 118 valence electrons. The molecule has 0 heterocycles. The molecule has 1 aromatic carbocycles. The summed E-state index contributed by atoms with van der Waals surface area (Å²) >= 11 is 0. The minimum absolute atomic E-state index is 0. The topological polar surface area (TPSA) is 32.6 Å². The van der Waals surface area contributed by atoms with Crippen LogP contribution in [0.5, 0.6) is 0 Å². The van der Waals surface area contributed by atoms with E-state index < -0.39 is 0 Å². The van der Waals surface area contributed by atoms with Crippen LogP contribution in [0.1, 0.15) is 46.1 Å². The smallest absolute Gasteiger partial charge is 0.0827 e. The van der Waals surface area contributed by atoms with E-state index in [-0.39, 0.29) is 46.9 Å². The first-order valence-electron chi connectivity index (χ1n) is 7.01. The predicted molar refractivity (Wildman–Crippen MR) is 83.9 cm³/mol. The Labute approximate surface area is 161 Å². The van der Waals surface area contributed by atoms with E-state index in [9.17, 15) is 0 Å². The number of benzene rings is 1. The monoisotopic (exact) mass is 432 g/mol. The van der Waals surface area contributed by atoms with E-state index in [2.05, 4.69) is 13.3 Å². The van der Waals surface area contributed by atoms with Crippen molar-refractivity contribution in [2.45, 2.75) is 40.5 Å². The molecule has 1 aliphatic carbocycles. The molecule has 3 heteroatoms. The number of aliphatic imine (C=N–C) groups is 1. The van der Waals surface area contributed by atoms with Crippen molar-refractivity contribution in [3.8, 4) is 0 Å². The molecule has 1 fully saturated rings. The average molecular weight is 431 g/mol. The number of hydrogen-bond acceptors (Lipinski definition) is 2. The normalized spacial score (nSPS) is 20.1. The number of para-hydroxylation sites is 1. The second-order valence-corrected chi connectivity index (χ2v) is 4.63. The van der Waals surface area contributed by atoms with E-state index in [1.807, 2.05) is 45.0 Å². The van der Waals surface area contributed by atoms with Crippen molar-refractivity contribution >= 4 is 17.0 Å². The Bertz CT molecular complexity index is 466. The largest absolute Gasteiger partial charge is 0.515 e. The van der Waals surface area contributed by atoms with Crippen LogP contribution in [0.25, 0.3) is 5.57 Å². The van der Waals surface area contributed by atoms with Crippen LogP contribution >= 0.6 is 0 Å². The molecule has 1 atom stereocenters. The summed E-state index contributed by atoms with van der Waals surface area (Å²) in [4.78, 5) is 4.71. The molecule has 0 radical (unpaired) electrons. The van der Waals surface area contributed by atoms with Crippen LogP contribution in [0.3, 0.4) is 0 Å². The maximum absolute atomic E-state index is 9.10. The quantitative estimate of drug-likeness (QED) is 0.498. The molecule has 1 N–H and O–H groups in total. The van der Waals surface area contributed by atoms with E-state index in [1.54, 1.807) is 0 Å². The molecule has 0 aromatic heterocycles. The number of rotatable bonds is 2. The Morgan fingerprint density at radius 1 is 1.35 bits per heavy atom. The van der Waals surface area contributed by atoms with Crippen LogP contribution in [0, 0.1) is 59.3 Å². The first kappa shape index (κ1) is 19.9. The van der Waals surface area contributed by atoms with Gasteiger partial charge in [0.05, 0.1) is 11.9 Å². The van der Waals surface area contributed by atoms with Gasteiger partial charge in [-0.3, -0.25) is 4.99 Å². The fourth-order valence-electron chi connectivity index (χ4n) is 2.11. The van der Waals surface area contributed by atoms with Gasteiger partial charge in [0.1, 0.15) is 0 Å². The first-order chi connectivity index (χ1) is 9.20. The number of allylic oxidation sites excluding steroid dienone is 1. The van der Waals surface area contributed by atoms with Gasteiger partial charge >= 0.3 is 0 Å². The molecule has 0 spiro atoms. The third kappa shape index (κ3) is 5.75. The molecule has 0 aliphatic heterocycles. The molecule has 0 amide bonds. The van der Waals surface area contributed by atoms with Crippen LogP contribution < -0.4 is 0 Å². The molecule has 2 nitrogen and oxygen atoms in total. The van der Waals surface area contributed by atoms with E-state index in [0.717, 1.165) is 35.9 Å². The first-order valence-corrected chi connectivity index (χ1v) is 7.01. The Morgan fingerprint density at radius 2 is 2.00 bits per heavy atom. The summed E-state index contributed by atoms with van der Waals surface area (Å²) in [5.41, 5.74) is 4.03. The van der Waals surface area contributed by atoms with Gasteiger partial charge in [0.2, 0.25) is 0 Å². The number of aliphatic hydroxyl groups excluding tert-OH is 1. The molecule has 1 unspecified atom stereocenters. The van der Waals surface area contributed by atoms with Crippen molar-refractivity contribution in [2.24, 2.45) is 10.9 Å². The Morgan fingerprint density at radius 3 is 2.55 bits per heavy atom. The van der Waals surface area contributed by atoms with Gasteiger partial charge in [-0.05, 0) is 30.7 Å². The van der Waals surface area contributed by atoms with Crippen molar-refractivity contribution in [3.05, 3.63) is 42.5 Å². The van der Waals surface area contributed by atoms with Crippen molar-refractivity contribution in [1.29, 1.82) is 0 Å². The predicted octanol–water partition coefficient (Wildman–Crippen LogP) is 5.34. The molecular formula is C17H24NOYb-. The summed E-state index contributed by atoms with van der Waals surface area (Å²) in [6.07, 6.45) is 5.48. The van der Waals surface area contributed by atoms with E-state index >= 15 is 0 Å². The molecule has 2 rings (SSSR count). The number of nitrogens with zero attached hydrogens (tertiary/aromatic N) is 1. The summed E-state index contributed by atoms with van der Waals surface area (Å²) in [6, 6.07) is 7.94. The average Bonchev–Trinajstić information content (AvgIpc) is 2.86. The van der Waals surface area contributed by atoms with Gasteiger partial charge in [-0.1, -0.05) is 39.0 Å². The zero-order chi connectivity index (χ0) is 14.3. The van der Waals surface area contributed by atoms with Gasteiger partial charge in [-0.15, -0.1) is 6.42 Å². The summed E-state index contributed by atoms with van der Waals surface area (Å²) in [5, 5.41) is 9.10. The van der Waals surface area contributed by atoms with Gasteiger partial charge in [0.15, 0.2) is 0 Å². The Balaban J connectivity index is 0.00000115. The third-order valence-electron chi connectivity index (χ3n) is 3.11. The maximum atomic E-state index is 9.10. The summed E-state index contributed by atoms with van der Waals surface area (Å²) in [7, 11) is 0. The minimum atomic E-state index is 0. The molecular weight excluding hydrogens is 407 g/mol. The second-order valence-electron chi connectivity index (χ2n) is 4.63. The molecule has 1 aliphatic rings. The molecule has 1 saturated carbocycles. The Kier molecular flexibility index (Phi) is 10.6.